The fourth-order valence-electron chi connectivity index (χ4n) is 4.44. The Morgan fingerprint density at radius 1 is 0.923 bits per heavy atom. The summed E-state index contributed by atoms with van der Waals surface area (Å²) in [6, 6.07) is 7.06. The smallest absolute Gasteiger partial charge is 0.295 e. The summed E-state index contributed by atoms with van der Waals surface area (Å²) in [6.07, 6.45) is 7.98. The SMILES string of the molecule is O=C1CCC(n2c(=O)n(CC3CCCCCC3)c3ccccc32)C(=O)N1. The highest BCUT2D eigenvalue weighted by molar-refractivity contribution is 6.00. The second kappa shape index (κ2) is 7.09. The highest BCUT2D eigenvalue weighted by atomic mass is 16.2. The van der Waals surface area contributed by atoms with E-state index >= 15 is 0 Å². The van der Waals surface area contributed by atoms with E-state index in [-0.39, 0.29) is 23.9 Å². The lowest BCUT2D eigenvalue weighted by Crippen LogP contribution is -2.44. The summed E-state index contributed by atoms with van der Waals surface area (Å²) in [6.45, 7) is 0.708. The van der Waals surface area contributed by atoms with Gasteiger partial charge in [0.2, 0.25) is 11.8 Å². The Balaban J connectivity index is 1.75. The van der Waals surface area contributed by atoms with Crippen molar-refractivity contribution in [2.24, 2.45) is 5.92 Å². The van der Waals surface area contributed by atoms with E-state index in [0.717, 1.165) is 23.9 Å². The van der Waals surface area contributed by atoms with Crippen LogP contribution in [0, 0.1) is 5.92 Å². The molecule has 2 aromatic rings. The molecular formula is C20H25N3O3. The van der Waals surface area contributed by atoms with Crippen molar-refractivity contribution in [2.45, 2.75) is 64.0 Å². The number of hydrogen-bond acceptors (Lipinski definition) is 3. The van der Waals surface area contributed by atoms with E-state index < -0.39 is 6.04 Å². The number of para-hydroxylation sites is 2. The Bertz CT molecular complexity index is 887. The van der Waals surface area contributed by atoms with Crippen molar-refractivity contribution < 1.29 is 9.59 Å². The van der Waals surface area contributed by atoms with Gasteiger partial charge in [0, 0.05) is 13.0 Å². The standard InChI is InChI=1S/C20H25N3O3/c24-18-12-11-17(19(25)21-18)23-16-10-6-5-9-15(16)22(20(23)26)13-14-7-3-1-2-4-8-14/h5-6,9-10,14,17H,1-4,7-8,11-13H2,(H,21,24,25). The Kier molecular flexibility index (Phi) is 4.66. The van der Waals surface area contributed by atoms with Crippen LogP contribution in [-0.4, -0.2) is 20.9 Å². The molecule has 1 unspecified atom stereocenters. The van der Waals surface area contributed by atoms with Crippen molar-refractivity contribution in [3.8, 4) is 0 Å². The molecule has 2 amide bonds. The lowest BCUT2D eigenvalue weighted by Gasteiger charge is -2.22. The molecule has 4 rings (SSSR count). The van der Waals surface area contributed by atoms with Crippen molar-refractivity contribution in [3.63, 3.8) is 0 Å². The number of benzene rings is 1. The Morgan fingerprint density at radius 2 is 1.62 bits per heavy atom. The molecule has 6 heteroatoms. The van der Waals surface area contributed by atoms with Crippen molar-refractivity contribution in [2.75, 3.05) is 0 Å². The minimum absolute atomic E-state index is 0.134. The molecule has 1 aromatic carbocycles. The molecule has 1 aliphatic carbocycles. The number of amides is 2. The third-order valence-electron chi connectivity index (χ3n) is 5.81. The lowest BCUT2D eigenvalue weighted by molar-refractivity contribution is -0.135. The van der Waals surface area contributed by atoms with Crippen molar-refractivity contribution in [1.82, 2.24) is 14.5 Å². The topological polar surface area (TPSA) is 73.1 Å². The lowest BCUT2D eigenvalue weighted by atomic mass is 10.0. The number of piperidine rings is 1. The maximum atomic E-state index is 13.2. The van der Waals surface area contributed by atoms with E-state index in [0.29, 0.717) is 18.9 Å². The van der Waals surface area contributed by atoms with Crippen LogP contribution < -0.4 is 11.0 Å². The maximum absolute atomic E-state index is 13.2. The summed E-state index contributed by atoms with van der Waals surface area (Å²) < 4.78 is 3.43. The number of aromatic nitrogens is 2. The van der Waals surface area contributed by atoms with Crippen LogP contribution >= 0.6 is 0 Å². The number of nitrogens with zero attached hydrogens (tertiary/aromatic N) is 2. The average Bonchev–Trinajstić information content (AvgIpc) is 2.80. The molecule has 138 valence electrons. The Morgan fingerprint density at radius 3 is 2.31 bits per heavy atom. The van der Waals surface area contributed by atoms with E-state index in [4.69, 9.17) is 0 Å². The molecule has 1 N–H and O–H groups in total. The molecular weight excluding hydrogens is 330 g/mol. The minimum atomic E-state index is -0.611. The summed E-state index contributed by atoms with van der Waals surface area (Å²) in [5.74, 6) is -0.126. The molecule has 2 aliphatic rings. The number of imide groups is 1. The van der Waals surface area contributed by atoms with Crippen LogP contribution in [0.3, 0.4) is 0 Å². The first-order chi connectivity index (χ1) is 12.6. The van der Waals surface area contributed by atoms with E-state index in [9.17, 15) is 14.4 Å². The predicted octanol–water partition coefficient (Wildman–Crippen LogP) is 2.75. The second-order valence-corrected chi connectivity index (χ2v) is 7.58. The van der Waals surface area contributed by atoms with Crippen molar-refractivity contribution >= 4 is 22.8 Å². The van der Waals surface area contributed by atoms with Gasteiger partial charge < -0.3 is 0 Å². The molecule has 0 bridgehead atoms. The van der Waals surface area contributed by atoms with E-state index in [1.165, 1.54) is 25.7 Å². The number of nitrogens with one attached hydrogen (secondary N) is 1. The molecule has 2 heterocycles. The summed E-state index contributed by atoms with van der Waals surface area (Å²) in [5, 5.41) is 2.37. The molecule has 26 heavy (non-hydrogen) atoms. The number of rotatable bonds is 3. The van der Waals surface area contributed by atoms with Gasteiger partial charge >= 0.3 is 5.69 Å². The third-order valence-corrected chi connectivity index (χ3v) is 5.81. The average molecular weight is 355 g/mol. The van der Waals surface area contributed by atoms with Crippen LogP contribution in [0.5, 0.6) is 0 Å². The van der Waals surface area contributed by atoms with Gasteiger partial charge in [-0.05, 0) is 37.3 Å². The first-order valence-corrected chi connectivity index (χ1v) is 9.68. The molecule has 6 nitrogen and oxygen atoms in total. The van der Waals surface area contributed by atoms with Gasteiger partial charge in [0.1, 0.15) is 6.04 Å². The predicted molar refractivity (Wildman–Crippen MR) is 98.8 cm³/mol. The van der Waals surface area contributed by atoms with Crippen LogP contribution in [0.4, 0.5) is 0 Å². The highest BCUT2D eigenvalue weighted by Gasteiger charge is 2.31. The van der Waals surface area contributed by atoms with Crippen LogP contribution in [-0.2, 0) is 16.1 Å². The summed E-state index contributed by atoms with van der Waals surface area (Å²) in [5.41, 5.74) is 1.53. The van der Waals surface area contributed by atoms with Crippen molar-refractivity contribution in [1.29, 1.82) is 0 Å². The normalized spacial score (nSPS) is 22.4. The summed E-state index contributed by atoms with van der Waals surface area (Å²) in [4.78, 5) is 37.1. The number of imidazole rings is 1. The molecule has 0 spiro atoms. The maximum Gasteiger partial charge on any atom is 0.329 e. The third kappa shape index (κ3) is 3.08. The van der Waals surface area contributed by atoms with E-state index in [1.54, 1.807) is 4.57 Å². The highest BCUT2D eigenvalue weighted by Crippen LogP contribution is 2.27. The fraction of sp³-hybridized carbons (Fsp3) is 0.550. The van der Waals surface area contributed by atoms with Crippen LogP contribution in [0.25, 0.3) is 11.0 Å². The van der Waals surface area contributed by atoms with Crippen LogP contribution in [0.1, 0.15) is 57.4 Å². The molecule has 1 atom stereocenters. The second-order valence-electron chi connectivity index (χ2n) is 7.58. The van der Waals surface area contributed by atoms with Gasteiger partial charge in [-0.25, -0.2) is 4.79 Å². The van der Waals surface area contributed by atoms with Gasteiger partial charge in [-0.15, -0.1) is 0 Å². The van der Waals surface area contributed by atoms with Crippen LogP contribution in [0.2, 0.25) is 0 Å². The largest absolute Gasteiger partial charge is 0.329 e. The summed E-state index contributed by atoms with van der Waals surface area (Å²) in [7, 11) is 0. The molecule has 2 fully saturated rings. The molecule has 1 aliphatic heterocycles. The van der Waals surface area contributed by atoms with Gasteiger partial charge in [0.15, 0.2) is 0 Å². The molecule has 1 saturated carbocycles. The zero-order valence-electron chi connectivity index (χ0n) is 14.9. The first-order valence-electron chi connectivity index (χ1n) is 9.68. The number of hydrogen-bond donors (Lipinski definition) is 1. The van der Waals surface area contributed by atoms with E-state index in [2.05, 4.69) is 5.32 Å². The number of carbonyl (C=O) groups excluding carboxylic acids is 2. The fourth-order valence-corrected chi connectivity index (χ4v) is 4.44. The Labute approximate surface area is 152 Å². The molecule has 1 aromatic heterocycles. The zero-order chi connectivity index (χ0) is 18.1. The van der Waals surface area contributed by atoms with Gasteiger partial charge in [0.25, 0.3) is 0 Å². The van der Waals surface area contributed by atoms with Gasteiger partial charge in [-0.3, -0.25) is 24.0 Å². The van der Waals surface area contributed by atoms with Crippen LogP contribution in [0.15, 0.2) is 29.1 Å². The monoisotopic (exact) mass is 355 g/mol. The van der Waals surface area contributed by atoms with Gasteiger partial charge in [-0.1, -0.05) is 37.8 Å². The zero-order valence-corrected chi connectivity index (χ0v) is 14.9. The molecule has 0 radical (unpaired) electrons. The van der Waals surface area contributed by atoms with Gasteiger partial charge in [-0.2, -0.15) is 0 Å². The minimum Gasteiger partial charge on any atom is -0.295 e. The summed E-state index contributed by atoms with van der Waals surface area (Å²) >= 11 is 0. The Hall–Kier alpha value is -2.37. The number of fused-ring (bicyclic) bond motifs is 1. The number of carbonyl (C=O) groups is 2. The van der Waals surface area contributed by atoms with Gasteiger partial charge in [0.05, 0.1) is 11.0 Å². The quantitative estimate of drug-likeness (QED) is 0.680. The molecule has 1 saturated heterocycles. The van der Waals surface area contributed by atoms with Crippen molar-refractivity contribution in [3.05, 3.63) is 34.7 Å². The first kappa shape index (κ1) is 17.1. The van der Waals surface area contributed by atoms with E-state index in [1.807, 2.05) is 28.8 Å².